The number of aromatic hydroxyl groups is 1. The fraction of sp³-hybridized carbons (Fsp3) is 0.343. The van der Waals surface area contributed by atoms with Gasteiger partial charge < -0.3 is 5.11 Å². The lowest BCUT2D eigenvalue weighted by Gasteiger charge is -2.50. The topological polar surface area (TPSA) is 111 Å². The predicted octanol–water partition coefficient (Wildman–Crippen LogP) is 6.83. The number of imide groups is 2. The van der Waals surface area contributed by atoms with E-state index in [-0.39, 0.29) is 29.3 Å². The molecule has 3 fully saturated rings. The lowest BCUT2D eigenvalue weighted by atomic mass is 9.56. The third-order valence-corrected chi connectivity index (χ3v) is 12.2. The summed E-state index contributed by atoms with van der Waals surface area (Å²) in [6.07, 6.45) is -3.55. The van der Waals surface area contributed by atoms with Gasteiger partial charge in [-0.05, 0) is 85.7 Å². The first-order valence-corrected chi connectivity index (χ1v) is 16.8. The monoisotopic (exact) mass is 764 g/mol. The molecule has 7 rings (SSSR count). The quantitative estimate of drug-likeness (QED) is 0.134. The first-order chi connectivity index (χ1) is 23.8. The summed E-state index contributed by atoms with van der Waals surface area (Å²) in [5.74, 6) is -8.78. The number of carbonyl (C=O) groups is 4. The summed E-state index contributed by atoms with van der Waals surface area (Å²) in [5.41, 5.74) is 0.443. The van der Waals surface area contributed by atoms with Crippen molar-refractivity contribution < 1.29 is 41.8 Å². The van der Waals surface area contributed by atoms with Gasteiger partial charge in [0.1, 0.15) is 17.3 Å². The molecular weight excluding hydrogens is 739 g/mol. The smallest absolute Gasteiger partial charge is 0.433 e. The minimum atomic E-state index is -4.84. The van der Waals surface area contributed by atoms with E-state index in [9.17, 15) is 41.8 Å². The van der Waals surface area contributed by atoms with E-state index in [2.05, 4.69) is 4.98 Å². The standard InChI is InChI=1S/C35H27Cl3F4N4O5/c1-15-12-17(13-16(2)27(15)47)26-20-8-9-21-25(30(49)46(29(21)48)44(3)28-23(36)10-11-24(43-28)35(40,41)42)22(20)14-33(37)31(50)45(32(51)34(26,33)38)19-6-4-18(39)5-7-19/h4-8,10-13,21-22,25-26,47H,9,14H2,1-3H3. The lowest BCUT2D eigenvalue weighted by Crippen LogP contribution is -2.60. The molecule has 3 heterocycles. The van der Waals surface area contributed by atoms with Crippen LogP contribution in [0.25, 0.3) is 0 Å². The second-order valence-electron chi connectivity index (χ2n) is 13.3. The average Bonchev–Trinajstić information content (AvgIpc) is 3.40. The van der Waals surface area contributed by atoms with Gasteiger partial charge in [0.15, 0.2) is 15.6 Å². The molecule has 266 valence electrons. The van der Waals surface area contributed by atoms with Gasteiger partial charge in [0.2, 0.25) is 0 Å². The number of carbonyl (C=O) groups excluding carboxylic acids is 4. The molecule has 0 spiro atoms. The number of halogens is 7. The Labute approximate surface area is 303 Å². The van der Waals surface area contributed by atoms with Crippen molar-refractivity contribution in [2.45, 2.75) is 48.5 Å². The zero-order valence-corrected chi connectivity index (χ0v) is 29.2. The Bertz CT molecular complexity index is 2070. The number of fused-ring (bicyclic) bond motifs is 4. The van der Waals surface area contributed by atoms with Crippen LogP contribution in [0.4, 0.5) is 29.1 Å². The van der Waals surface area contributed by atoms with Crippen molar-refractivity contribution >= 4 is 69.9 Å². The highest BCUT2D eigenvalue weighted by Gasteiger charge is 2.76. The van der Waals surface area contributed by atoms with E-state index in [1.807, 2.05) is 0 Å². The molecule has 51 heavy (non-hydrogen) atoms. The molecule has 3 aromatic rings. The molecule has 2 aromatic carbocycles. The Morgan fingerprint density at radius 1 is 0.941 bits per heavy atom. The van der Waals surface area contributed by atoms with Crippen LogP contribution in [0.15, 0.2) is 60.2 Å². The Kier molecular flexibility index (Phi) is 8.05. The summed E-state index contributed by atoms with van der Waals surface area (Å²) in [4.78, 5) is 57.2. The summed E-state index contributed by atoms with van der Waals surface area (Å²) >= 11 is 21.0. The number of hydrazine groups is 1. The molecule has 1 N–H and O–H groups in total. The summed E-state index contributed by atoms with van der Waals surface area (Å²) < 4.78 is 54.6. The normalized spacial score (nSPS) is 28.9. The number of amides is 4. The number of aryl methyl sites for hydroxylation is 2. The third-order valence-electron chi connectivity index (χ3n) is 10.4. The van der Waals surface area contributed by atoms with E-state index in [0.29, 0.717) is 33.3 Å². The SMILES string of the molecule is Cc1cc(C2C3=CCC4C(=O)N(N(C)c5nc(C(F)(F)F)ccc5Cl)C(=O)C4C3CC3(Cl)C(=O)N(c4ccc(F)cc4)C(=O)C23Cl)cc(C)c1O. The van der Waals surface area contributed by atoms with E-state index >= 15 is 0 Å². The van der Waals surface area contributed by atoms with Crippen molar-refractivity contribution in [3.05, 3.63) is 93.4 Å². The van der Waals surface area contributed by atoms with Gasteiger partial charge in [-0.2, -0.15) is 18.2 Å². The first kappa shape index (κ1) is 35.2. The molecule has 2 saturated heterocycles. The number of pyridine rings is 1. The Morgan fingerprint density at radius 3 is 2.18 bits per heavy atom. The van der Waals surface area contributed by atoms with E-state index in [4.69, 9.17) is 34.8 Å². The van der Waals surface area contributed by atoms with Crippen LogP contribution < -0.4 is 9.91 Å². The number of phenols is 1. The fourth-order valence-corrected chi connectivity index (χ4v) is 9.28. The zero-order chi connectivity index (χ0) is 37.1. The zero-order valence-electron chi connectivity index (χ0n) is 26.9. The molecule has 0 bridgehead atoms. The number of nitrogens with zero attached hydrogens (tertiary/aromatic N) is 4. The van der Waals surface area contributed by atoms with Gasteiger partial charge in [0.05, 0.1) is 22.5 Å². The third kappa shape index (κ3) is 4.91. The Morgan fingerprint density at radius 2 is 1.57 bits per heavy atom. The summed E-state index contributed by atoms with van der Waals surface area (Å²) in [7, 11) is 1.19. The number of rotatable bonds is 4. The minimum Gasteiger partial charge on any atom is -0.507 e. The van der Waals surface area contributed by atoms with E-state index < -0.39 is 80.6 Å². The van der Waals surface area contributed by atoms with E-state index in [1.54, 1.807) is 32.1 Å². The van der Waals surface area contributed by atoms with Gasteiger partial charge in [-0.25, -0.2) is 14.3 Å². The summed E-state index contributed by atoms with van der Waals surface area (Å²) in [5, 5.41) is 11.9. The minimum absolute atomic E-state index is 0.0107. The molecule has 4 amide bonds. The van der Waals surface area contributed by atoms with Gasteiger partial charge in [-0.1, -0.05) is 35.4 Å². The predicted molar refractivity (Wildman–Crippen MR) is 179 cm³/mol. The number of aromatic nitrogens is 1. The highest BCUT2D eigenvalue weighted by Crippen LogP contribution is 2.66. The largest absolute Gasteiger partial charge is 0.507 e. The van der Waals surface area contributed by atoms with Crippen molar-refractivity contribution in [3.8, 4) is 5.75 Å². The Balaban J connectivity index is 1.36. The van der Waals surface area contributed by atoms with Crippen LogP contribution in [0.1, 0.15) is 41.1 Å². The van der Waals surface area contributed by atoms with Gasteiger partial charge in [-0.15, -0.1) is 23.2 Å². The molecule has 0 radical (unpaired) electrons. The number of allylic oxidation sites excluding steroid dienone is 2. The van der Waals surface area contributed by atoms with Crippen molar-refractivity contribution in [2.24, 2.45) is 17.8 Å². The van der Waals surface area contributed by atoms with Gasteiger partial charge in [-0.3, -0.25) is 24.2 Å². The van der Waals surface area contributed by atoms with Crippen LogP contribution in [0.5, 0.6) is 5.75 Å². The number of benzene rings is 2. The molecule has 2 aliphatic heterocycles. The van der Waals surface area contributed by atoms with Crippen molar-refractivity contribution in [3.63, 3.8) is 0 Å². The summed E-state index contributed by atoms with van der Waals surface area (Å²) in [6.45, 7) is 3.27. The maximum Gasteiger partial charge on any atom is 0.433 e. The summed E-state index contributed by atoms with van der Waals surface area (Å²) in [6, 6.07) is 9.43. The number of anilines is 2. The van der Waals surface area contributed by atoms with Crippen molar-refractivity contribution in [2.75, 3.05) is 17.0 Å². The second-order valence-corrected chi connectivity index (χ2v) is 14.9. The highest BCUT2D eigenvalue weighted by molar-refractivity contribution is 6.58. The van der Waals surface area contributed by atoms with Crippen LogP contribution in [0.3, 0.4) is 0 Å². The molecule has 9 nitrogen and oxygen atoms in total. The van der Waals surface area contributed by atoms with Crippen LogP contribution >= 0.6 is 34.8 Å². The molecular formula is C35H27Cl3F4N4O5. The molecule has 1 aromatic heterocycles. The number of hydrogen-bond donors (Lipinski definition) is 1. The second kappa shape index (κ2) is 11.7. The molecule has 6 unspecified atom stereocenters. The molecule has 4 aliphatic rings. The van der Waals surface area contributed by atoms with Crippen LogP contribution in [0.2, 0.25) is 5.02 Å². The average molecular weight is 766 g/mol. The van der Waals surface area contributed by atoms with Crippen LogP contribution in [-0.2, 0) is 25.4 Å². The van der Waals surface area contributed by atoms with Crippen LogP contribution in [-0.4, -0.2) is 55.5 Å². The number of phenolic OH excluding ortho intramolecular Hbond substituents is 1. The fourth-order valence-electron chi connectivity index (χ4n) is 8.12. The molecule has 1 saturated carbocycles. The van der Waals surface area contributed by atoms with Crippen molar-refractivity contribution in [1.82, 2.24) is 9.99 Å². The maximum absolute atomic E-state index is 14.5. The van der Waals surface area contributed by atoms with Gasteiger partial charge in [0.25, 0.3) is 23.6 Å². The van der Waals surface area contributed by atoms with Gasteiger partial charge >= 0.3 is 6.18 Å². The highest BCUT2D eigenvalue weighted by atomic mass is 35.5. The molecule has 6 atom stereocenters. The molecule has 16 heteroatoms. The lowest BCUT2D eigenvalue weighted by molar-refractivity contribution is -0.141. The van der Waals surface area contributed by atoms with Crippen LogP contribution in [0, 0.1) is 37.4 Å². The number of hydrogen-bond acceptors (Lipinski definition) is 7. The van der Waals surface area contributed by atoms with E-state index in [0.717, 1.165) is 28.1 Å². The maximum atomic E-state index is 14.5. The Hall–Kier alpha value is -4.20. The van der Waals surface area contributed by atoms with Gasteiger partial charge in [0, 0.05) is 13.0 Å². The first-order valence-electron chi connectivity index (χ1n) is 15.7. The van der Waals surface area contributed by atoms with E-state index in [1.165, 1.54) is 19.2 Å². The van der Waals surface area contributed by atoms with Crippen molar-refractivity contribution in [1.29, 1.82) is 0 Å². The molecule has 2 aliphatic carbocycles. The number of alkyl halides is 5.